The number of benzene rings is 2. The van der Waals surface area contributed by atoms with Gasteiger partial charge in [-0.2, -0.15) is 0 Å². The number of hydrogen-bond acceptors (Lipinski definition) is 5. The molecule has 0 aliphatic rings. The van der Waals surface area contributed by atoms with E-state index in [4.69, 9.17) is 9.47 Å². The van der Waals surface area contributed by atoms with Gasteiger partial charge in [-0.3, -0.25) is 25.2 Å². The van der Waals surface area contributed by atoms with Crippen LogP contribution in [0, 0.1) is 13.8 Å². The zero-order valence-corrected chi connectivity index (χ0v) is 18.0. The highest BCUT2D eigenvalue weighted by molar-refractivity contribution is 5.99. The summed E-state index contributed by atoms with van der Waals surface area (Å²) in [5.41, 5.74) is 7.68. The number of amides is 2. The van der Waals surface area contributed by atoms with Crippen molar-refractivity contribution in [3.05, 3.63) is 58.7 Å². The van der Waals surface area contributed by atoms with Crippen LogP contribution in [0.2, 0.25) is 0 Å². The monoisotopic (exact) mass is 412 g/mol. The number of carbonyl (C=O) groups excluding carboxylic acids is 3. The Morgan fingerprint density at radius 2 is 1.57 bits per heavy atom. The zero-order chi connectivity index (χ0) is 22.3. The molecule has 0 aliphatic carbocycles. The fourth-order valence-corrected chi connectivity index (χ4v) is 2.71. The van der Waals surface area contributed by atoms with Gasteiger partial charge in [-0.1, -0.05) is 12.1 Å². The Hall–Kier alpha value is -3.35. The molecule has 0 bridgehead atoms. The van der Waals surface area contributed by atoms with Crippen molar-refractivity contribution in [2.45, 2.75) is 46.6 Å². The van der Waals surface area contributed by atoms with E-state index in [1.54, 1.807) is 18.2 Å². The third-order valence-corrected chi connectivity index (χ3v) is 4.51. The average Bonchev–Trinajstić information content (AvgIpc) is 2.72. The number of Topliss-reactive ketones (excluding diaryl/α,β-unsaturated/α-hetero) is 1. The largest absolute Gasteiger partial charge is 0.493 e. The Labute approximate surface area is 176 Å². The summed E-state index contributed by atoms with van der Waals surface area (Å²) in [6.45, 7) is 7.69. The third-order valence-electron chi connectivity index (χ3n) is 4.51. The summed E-state index contributed by atoms with van der Waals surface area (Å²) in [5.74, 6) is -0.129. The van der Waals surface area contributed by atoms with Gasteiger partial charge < -0.3 is 9.47 Å². The van der Waals surface area contributed by atoms with E-state index in [-0.39, 0.29) is 24.7 Å². The quantitative estimate of drug-likeness (QED) is 0.511. The molecule has 0 radical (unpaired) electrons. The molecule has 0 aromatic heterocycles. The molecule has 0 spiro atoms. The van der Waals surface area contributed by atoms with E-state index in [1.165, 1.54) is 13.2 Å². The van der Waals surface area contributed by atoms with Crippen molar-refractivity contribution in [3.63, 3.8) is 0 Å². The van der Waals surface area contributed by atoms with Crippen molar-refractivity contribution >= 4 is 17.6 Å². The van der Waals surface area contributed by atoms with E-state index < -0.39 is 11.8 Å². The third kappa shape index (κ3) is 6.34. The smallest absolute Gasteiger partial charge is 0.269 e. The van der Waals surface area contributed by atoms with Crippen LogP contribution in [0.15, 0.2) is 36.4 Å². The Morgan fingerprint density at radius 3 is 2.20 bits per heavy atom. The second-order valence-electron chi connectivity index (χ2n) is 7.26. The van der Waals surface area contributed by atoms with Crippen LogP contribution in [-0.2, 0) is 4.79 Å². The molecule has 7 nitrogen and oxygen atoms in total. The lowest BCUT2D eigenvalue weighted by Crippen LogP contribution is -2.41. The van der Waals surface area contributed by atoms with Crippen LogP contribution in [0.5, 0.6) is 11.5 Å². The first-order valence-corrected chi connectivity index (χ1v) is 9.75. The van der Waals surface area contributed by atoms with Gasteiger partial charge in [-0.15, -0.1) is 0 Å². The first kappa shape index (κ1) is 22.9. The van der Waals surface area contributed by atoms with E-state index >= 15 is 0 Å². The highest BCUT2D eigenvalue weighted by Crippen LogP contribution is 2.28. The lowest BCUT2D eigenvalue weighted by atomic mass is 10.0. The van der Waals surface area contributed by atoms with Gasteiger partial charge in [-0.25, -0.2) is 0 Å². The van der Waals surface area contributed by atoms with Crippen molar-refractivity contribution < 1.29 is 23.9 Å². The molecule has 0 saturated heterocycles. The maximum Gasteiger partial charge on any atom is 0.269 e. The normalized spacial score (nSPS) is 10.5. The van der Waals surface area contributed by atoms with Gasteiger partial charge in [0.2, 0.25) is 5.91 Å². The molecular formula is C23H28N2O5. The molecule has 0 heterocycles. The van der Waals surface area contributed by atoms with Gasteiger partial charge in [0.1, 0.15) is 0 Å². The number of hydrogen-bond donors (Lipinski definition) is 2. The molecule has 2 aromatic carbocycles. The summed E-state index contributed by atoms with van der Waals surface area (Å²) in [6, 6.07) is 10.2. The standard InChI is InChI=1S/C23H28N2O5/c1-14(2)30-20-10-8-18(13-21(20)29-5)23(28)25-24-22(27)11-9-19(26)17-7-6-15(3)16(4)12-17/h6-8,10,12-14H,9,11H2,1-5H3,(H,24,27)(H,25,28). The lowest BCUT2D eigenvalue weighted by molar-refractivity contribution is -0.121. The number of ether oxygens (including phenoxy) is 2. The minimum absolute atomic E-state index is 0.0312. The van der Waals surface area contributed by atoms with Crippen LogP contribution in [0.25, 0.3) is 0 Å². The van der Waals surface area contributed by atoms with Crippen LogP contribution in [0.4, 0.5) is 0 Å². The Kier molecular flexibility index (Phi) is 7.98. The van der Waals surface area contributed by atoms with Crippen molar-refractivity contribution in [1.82, 2.24) is 10.9 Å². The van der Waals surface area contributed by atoms with Gasteiger partial charge in [0.15, 0.2) is 17.3 Å². The van der Waals surface area contributed by atoms with Crippen LogP contribution in [0.1, 0.15) is 58.5 Å². The summed E-state index contributed by atoms with van der Waals surface area (Å²) < 4.78 is 10.9. The number of hydrazine groups is 1. The molecule has 0 aliphatic heterocycles. The maximum absolute atomic E-state index is 12.3. The predicted molar refractivity (Wildman–Crippen MR) is 114 cm³/mol. The Bertz CT molecular complexity index is 937. The summed E-state index contributed by atoms with van der Waals surface area (Å²) >= 11 is 0. The molecule has 2 N–H and O–H groups in total. The number of ketones is 1. The first-order valence-electron chi connectivity index (χ1n) is 9.75. The topological polar surface area (TPSA) is 93.7 Å². The number of nitrogens with one attached hydrogen (secondary N) is 2. The highest BCUT2D eigenvalue weighted by atomic mass is 16.5. The summed E-state index contributed by atoms with van der Waals surface area (Å²) in [6.07, 6.45) is -0.0140. The predicted octanol–water partition coefficient (Wildman–Crippen LogP) is 3.52. The minimum atomic E-state index is -0.502. The average molecular weight is 412 g/mol. The Morgan fingerprint density at radius 1 is 0.867 bits per heavy atom. The van der Waals surface area contributed by atoms with Gasteiger partial charge in [-0.05, 0) is 63.1 Å². The molecule has 160 valence electrons. The summed E-state index contributed by atoms with van der Waals surface area (Å²) in [7, 11) is 1.48. The molecule has 2 aromatic rings. The summed E-state index contributed by atoms with van der Waals surface area (Å²) in [5, 5.41) is 0. The molecule has 7 heteroatoms. The minimum Gasteiger partial charge on any atom is -0.493 e. The molecule has 0 saturated carbocycles. The highest BCUT2D eigenvalue weighted by Gasteiger charge is 2.14. The van der Waals surface area contributed by atoms with Crippen LogP contribution >= 0.6 is 0 Å². The first-order chi connectivity index (χ1) is 14.2. The van der Waals surface area contributed by atoms with E-state index in [0.29, 0.717) is 22.6 Å². The molecule has 2 rings (SSSR count). The molecule has 0 atom stereocenters. The van der Waals surface area contributed by atoms with E-state index in [1.807, 2.05) is 39.8 Å². The zero-order valence-electron chi connectivity index (χ0n) is 18.0. The lowest BCUT2D eigenvalue weighted by Gasteiger charge is -2.14. The van der Waals surface area contributed by atoms with Crippen LogP contribution < -0.4 is 20.3 Å². The van der Waals surface area contributed by atoms with Crippen LogP contribution in [0.3, 0.4) is 0 Å². The van der Waals surface area contributed by atoms with E-state index in [2.05, 4.69) is 10.9 Å². The number of rotatable bonds is 8. The Balaban J connectivity index is 1.87. The fourth-order valence-electron chi connectivity index (χ4n) is 2.71. The van der Waals surface area contributed by atoms with Crippen molar-refractivity contribution in [1.29, 1.82) is 0 Å². The molecule has 0 fully saturated rings. The van der Waals surface area contributed by atoms with E-state index in [9.17, 15) is 14.4 Å². The fraction of sp³-hybridized carbons (Fsp3) is 0.348. The van der Waals surface area contributed by atoms with Gasteiger partial charge >= 0.3 is 0 Å². The van der Waals surface area contributed by atoms with Crippen molar-refractivity contribution in [2.24, 2.45) is 0 Å². The SMILES string of the molecule is COc1cc(C(=O)NNC(=O)CCC(=O)c2ccc(C)c(C)c2)ccc1OC(C)C. The van der Waals surface area contributed by atoms with Crippen molar-refractivity contribution in [2.75, 3.05) is 7.11 Å². The number of methoxy groups -OCH3 is 1. The molecular weight excluding hydrogens is 384 g/mol. The number of aryl methyl sites for hydroxylation is 2. The van der Waals surface area contributed by atoms with Crippen LogP contribution in [-0.4, -0.2) is 30.8 Å². The second-order valence-corrected chi connectivity index (χ2v) is 7.26. The number of carbonyl (C=O) groups is 3. The second kappa shape index (κ2) is 10.4. The van der Waals surface area contributed by atoms with Gasteiger partial charge in [0.25, 0.3) is 5.91 Å². The molecule has 2 amide bonds. The molecule has 30 heavy (non-hydrogen) atoms. The maximum atomic E-state index is 12.3. The van der Waals surface area contributed by atoms with E-state index in [0.717, 1.165) is 11.1 Å². The van der Waals surface area contributed by atoms with Gasteiger partial charge in [0, 0.05) is 24.0 Å². The molecule has 0 unspecified atom stereocenters. The van der Waals surface area contributed by atoms with Gasteiger partial charge in [0.05, 0.1) is 13.2 Å². The van der Waals surface area contributed by atoms with Crippen molar-refractivity contribution in [3.8, 4) is 11.5 Å². The summed E-state index contributed by atoms with van der Waals surface area (Å²) in [4.78, 5) is 36.6.